The number of aromatic amines is 1. The van der Waals surface area contributed by atoms with Crippen LogP contribution in [-0.4, -0.2) is 37.9 Å². The third kappa shape index (κ3) is 2.67. The van der Waals surface area contributed by atoms with E-state index < -0.39 is 11.2 Å². The first-order valence-corrected chi connectivity index (χ1v) is 8.96. The summed E-state index contributed by atoms with van der Waals surface area (Å²) in [5.74, 6) is 0.543. The van der Waals surface area contributed by atoms with Crippen molar-refractivity contribution in [3.8, 4) is 0 Å². The molecular formula is C18H22N4O3. The van der Waals surface area contributed by atoms with Gasteiger partial charge in [-0.25, -0.2) is 9.78 Å². The number of hydrogen-bond acceptors (Lipinski definition) is 4. The molecule has 7 heteroatoms. The number of aryl methyl sites for hydroxylation is 1. The normalized spacial score (nSPS) is 21.3. The molecule has 1 amide bonds. The minimum Gasteiger partial charge on any atom is -0.335 e. The van der Waals surface area contributed by atoms with Crippen molar-refractivity contribution in [2.24, 2.45) is 13.0 Å². The maximum absolute atomic E-state index is 13.0. The topological polar surface area (TPSA) is 88.1 Å². The highest BCUT2D eigenvalue weighted by Crippen LogP contribution is 2.36. The maximum atomic E-state index is 13.0. The van der Waals surface area contributed by atoms with Crippen LogP contribution in [0.15, 0.2) is 21.9 Å². The summed E-state index contributed by atoms with van der Waals surface area (Å²) < 4.78 is 1.28. The van der Waals surface area contributed by atoms with Gasteiger partial charge >= 0.3 is 5.69 Å². The lowest BCUT2D eigenvalue weighted by Crippen LogP contribution is -2.39. The van der Waals surface area contributed by atoms with Crippen LogP contribution in [0, 0.1) is 5.92 Å². The fourth-order valence-electron chi connectivity index (χ4n) is 4.40. The molecule has 132 valence electrons. The highest BCUT2D eigenvalue weighted by molar-refractivity contribution is 5.97. The molecule has 2 aromatic rings. The van der Waals surface area contributed by atoms with Crippen molar-refractivity contribution in [2.45, 2.75) is 44.6 Å². The Morgan fingerprint density at radius 3 is 2.72 bits per heavy atom. The van der Waals surface area contributed by atoms with E-state index in [2.05, 4.69) is 9.97 Å². The van der Waals surface area contributed by atoms with Crippen LogP contribution in [0.5, 0.6) is 0 Å². The summed E-state index contributed by atoms with van der Waals surface area (Å²) in [7, 11) is 1.55. The van der Waals surface area contributed by atoms with Crippen LogP contribution in [0.2, 0.25) is 0 Å². The lowest BCUT2D eigenvalue weighted by Gasteiger charge is -2.29. The van der Waals surface area contributed by atoms with E-state index in [1.54, 1.807) is 13.1 Å². The Kier molecular flexibility index (Phi) is 3.94. The number of hydrogen-bond donors (Lipinski definition) is 1. The van der Waals surface area contributed by atoms with Crippen molar-refractivity contribution < 1.29 is 4.79 Å². The first kappa shape index (κ1) is 16.1. The Labute approximate surface area is 144 Å². The molecule has 0 aromatic carbocycles. The molecule has 1 saturated heterocycles. The third-order valence-corrected chi connectivity index (χ3v) is 5.71. The molecule has 1 saturated carbocycles. The van der Waals surface area contributed by atoms with Crippen molar-refractivity contribution in [3.63, 3.8) is 0 Å². The number of fused-ring (bicyclic) bond motifs is 1. The summed E-state index contributed by atoms with van der Waals surface area (Å²) in [6.07, 6.45) is 8.48. The zero-order valence-corrected chi connectivity index (χ0v) is 14.3. The van der Waals surface area contributed by atoms with Crippen LogP contribution in [-0.2, 0) is 7.05 Å². The lowest BCUT2D eigenvalue weighted by atomic mass is 9.95. The van der Waals surface area contributed by atoms with Crippen molar-refractivity contribution in [3.05, 3.63) is 38.7 Å². The molecular weight excluding hydrogens is 320 g/mol. The van der Waals surface area contributed by atoms with Crippen molar-refractivity contribution in [1.82, 2.24) is 19.4 Å². The van der Waals surface area contributed by atoms with Crippen molar-refractivity contribution >= 4 is 16.9 Å². The first-order valence-electron chi connectivity index (χ1n) is 8.96. The molecule has 1 N–H and O–H groups in total. The number of rotatable bonds is 2. The summed E-state index contributed by atoms with van der Waals surface area (Å²) >= 11 is 0. The van der Waals surface area contributed by atoms with E-state index in [4.69, 9.17) is 0 Å². The first-order chi connectivity index (χ1) is 12.1. The van der Waals surface area contributed by atoms with E-state index >= 15 is 0 Å². The molecule has 25 heavy (non-hydrogen) atoms. The number of H-pyrrole nitrogens is 1. The summed E-state index contributed by atoms with van der Waals surface area (Å²) in [6.45, 7) is 0.766. The molecule has 1 unspecified atom stereocenters. The summed E-state index contributed by atoms with van der Waals surface area (Å²) in [5.41, 5.74) is -0.306. The predicted octanol–water partition coefficient (Wildman–Crippen LogP) is 1.42. The van der Waals surface area contributed by atoms with Gasteiger partial charge in [0.15, 0.2) is 0 Å². The van der Waals surface area contributed by atoms with Crippen LogP contribution in [0.1, 0.15) is 48.9 Å². The van der Waals surface area contributed by atoms with Crippen molar-refractivity contribution in [1.29, 1.82) is 0 Å². The zero-order valence-electron chi connectivity index (χ0n) is 14.3. The molecule has 1 aliphatic heterocycles. The summed E-state index contributed by atoms with van der Waals surface area (Å²) in [5, 5.41) is 0.268. The van der Waals surface area contributed by atoms with Gasteiger partial charge in [-0.2, -0.15) is 0 Å². The smallest absolute Gasteiger partial charge is 0.329 e. The number of carbonyl (C=O) groups excluding carboxylic acids is 1. The highest BCUT2D eigenvalue weighted by Gasteiger charge is 2.36. The van der Waals surface area contributed by atoms with Gasteiger partial charge in [-0.15, -0.1) is 0 Å². The van der Waals surface area contributed by atoms with Crippen LogP contribution < -0.4 is 11.2 Å². The quantitative estimate of drug-likeness (QED) is 0.894. The van der Waals surface area contributed by atoms with E-state index in [9.17, 15) is 14.4 Å². The molecule has 7 nitrogen and oxygen atoms in total. The Morgan fingerprint density at radius 1 is 1.20 bits per heavy atom. The second-order valence-corrected chi connectivity index (χ2v) is 7.17. The second kappa shape index (κ2) is 6.13. The monoisotopic (exact) mass is 342 g/mol. The van der Waals surface area contributed by atoms with Crippen LogP contribution in [0.25, 0.3) is 11.0 Å². The van der Waals surface area contributed by atoms with Gasteiger partial charge in [-0.1, -0.05) is 12.8 Å². The molecule has 2 fully saturated rings. The highest BCUT2D eigenvalue weighted by atomic mass is 16.2. The lowest BCUT2D eigenvalue weighted by molar-refractivity contribution is 0.0689. The molecule has 1 atom stereocenters. The number of nitrogens with one attached hydrogen (secondary N) is 1. The van der Waals surface area contributed by atoms with Gasteiger partial charge in [0.25, 0.3) is 11.5 Å². The minimum atomic E-state index is -0.509. The summed E-state index contributed by atoms with van der Waals surface area (Å²) in [4.78, 5) is 45.2. The van der Waals surface area contributed by atoms with Gasteiger partial charge in [0.1, 0.15) is 5.65 Å². The standard InChI is InChI=1S/C18H22N4O3/c1-21-15-13(16(23)20-18(21)25)9-12(10-19-15)17(24)22-8-4-7-14(22)11-5-2-3-6-11/h9-11,14H,2-8H2,1H3,(H,20,23,25). The molecule has 2 aliphatic rings. The maximum Gasteiger partial charge on any atom is 0.329 e. The van der Waals surface area contributed by atoms with Gasteiger partial charge in [0.05, 0.1) is 10.9 Å². The zero-order chi connectivity index (χ0) is 17.6. The molecule has 0 spiro atoms. The van der Waals surface area contributed by atoms with E-state index in [-0.39, 0.29) is 11.3 Å². The molecule has 0 bridgehead atoms. The molecule has 4 rings (SSSR count). The largest absolute Gasteiger partial charge is 0.335 e. The Balaban J connectivity index is 1.70. The number of likely N-dealkylation sites (tertiary alicyclic amines) is 1. The Hall–Kier alpha value is -2.44. The van der Waals surface area contributed by atoms with Crippen LogP contribution in [0.3, 0.4) is 0 Å². The number of amides is 1. The van der Waals surface area contributed by atoms with E-state index in [1.165, 1.54) is 36.4 Å². The molecule has 0 radical (unpaired) electrons. The van der Waals surface area contributed by atoms with Gasteiger partial charge in [0, 0.05) is 25.8 Å². The van der Waals surface area contributed by atoms with E-state index in [0.717, 1.165) is 19.4 Å². The number of pyridine rings is 1. The average Bonchev–Trinajstić information content (AvgIpc) is 3.29. The van der Waals surface area contributed by atoms with Crippen LogP contribution in [0.4, 0.5) is 0 Å². The SMILES string of the molecule is Cn1c(=O)[nH]c(=O)c2cc(C(=O)N3CCCC3C3CCCC3)cnc21. The van der Waals surface area contributed by atoms with Gasteiger partial charge in [-0.3, -0.25) is 19.1 Å². The third-order valence-electron chi connectivity index (χ3n) is 5.71. The number of carbonyl (C=O) groups is 1. The number of nitrogens with zero attached hydrogens (tertiary/aromatic N) is 3. The minimum absolute atomic E-state index is 0.0583. The van der Waals surface area contributed by atoms with Gasteiger partial charge < -0.3 is 4.90 Å². The van der Waals surface area contributed by atoms with Gasteiger partial charge in [0.2, 0.25) is 0 Å². The molecule has 2 aromatic heterocycles. The fraction of sp³-hybridized carbons (Fsp3) is 0.556. The Bertz CT molecular complexity index is 939. The summed E-state index contributed by atoms with van der Waals surface area (Å²) in [6, 6.07) is 1.87. The Morgan fingerprint density at radius 2 is 1.96 bits per heavy atom. The fourth-order valence-corrected chi connectivity index (χ4v) is 4.40. The number of aromatic nitrogens is 3. The second-order valence-electron chi connectivity index (χ2n) is 7.17. The molecule has 1 aliphatic carbocycles. The van der Waals surface area contributed by atoms with Crippen molar-refractivity contribution in [2.75, 3.05) is 6.54 Å². The average molecular weight is 342 g/mol. The van der Waals surface area contributed by atoms with Crippen LogP contribution >= 0.6 is 0 Å². The van der Waals surface area contributed by atoms with E-state index in [0.29, 0.717) is 23.2 Å². The van der Waals surface area contributed by atoms with E-state index in [1.807, 2.05) is 4.90 Å². The van der Waals surface area contributed by atoms with Gasteiger partial charge in [-0.05, 0) is 37.7 Å². The molecule has 3 heterocycles. The predicted molar refractivity (Wildman–Crippen MR) is 93.6 cm³/mol.